The van der Waals surface area contributed by atoms with Crippen molar-refractivity contribution in [1.29, 1.82) is 0 Å². The molecule has 8 heteroatoms. The molecule has 3 heterocycles. The van der Waals surface area contributed by atoms with Gasteiger partial charge in [0.15, 0.2) is 5.13 Å². The van der Waals surface area contributed by atoms with Gasteiger partial charge >= 0.3 is 0 Å². The fraction of sp³-hybridized carbons (Fsp3) is 0.0870. The molecule has 0 aliphatic carbocycles. The van der Waals surface area contributed by atoms with Crippen LogP contribution in [0.25, 0.3) is 20.3 Å². The predicted molar refractivity (Wildman–Crippen MR) is 131 cm³/mol. The Kier molecular flexibility index (Phi) is 5.40. The summed E-state index contributed by atoms with van der Waals surface area (Å²) in [7, 11) is 0. The van der Waals surface area contributed by atoms with Crippen molar-refractivity contribution in [2.75, 3.05) is 4.90 Å². The number of carbonyl (C=O) groups is 1. The molecule has 0 fully saturated rings. The third-order valence-electron chi connectivity index (χ3n) is 4.99. The highest BCUT2D eigenvalue weighted by Gasteiger charge is 2.27. The molecule has 0 aliphatic heterocycles. The summed E-state index contributed by atoms with van der Waals surface area (Å²) in [6.07, 6.45) is 1.71. The van der Waals surface area contributed by atoms with E-state index in [0.717, 1.165) is 31.6 Å². The van der Waals surface area contributed by atoms with Crippen LogP contribution >= 0.6 is 45.9 Å². The highest BCUT2D eigenvalue weighted by molar-refractivity contribution is 7.23. The van der Waals surface area contributed by atoms with E-state index in [1.807, 2.05) is 61.5 Å². The van der Waals surface area contributed by atoms with Gasteiger partial charge in [-0.1, -0.05) is 58.8 Å². The monoisotopic (exact) mass is 483 g/mol. The third-order valence-corrected chi connectivity index (χ3v) is 8.10. The Morgan fingerprint density at radius 1 is 1.00 bits per heavy atom. The number of pyridine rings is 1. The summed E-state index contributed by atoms with van der Waals surface area (Å²) >= 11 is 15.8. The third kappa shape index (κ3) is 3.70. The van der Waals surface area contributed by atoms with Crippen LogP contribution in [0.2, 0.25) is 10.0 Å². The van der Waals surface area contributed by atoms with Crippen LogP contribution in [-0.4, -0.2) is 15.9 Å². The molecule has 0 atom stereocenters. The minimum Gasteiger partial charge on any atom is -0.277 e. The van der Waals surface area contributed by atoms with Gasteiger partial charge < -0.3 is 0 Å². The van der Waals surface area contributed by atoms with Crippen molar-refractivity contribution in [2.24, 2.45) is 0 Å². The SMILES string of the molecule is Cc1c(Cl)ccc2sc(N(Cc3ccccn3)C(=O)c3sc4ccccc4c3Cl)nc12. The van der Waals surface area contributed by atoms with Crippen molar-refractivity contribution < 1.29 is 4.79 Å². The van der Waals surface area contributed by atoms with Crippen LogP contribution in [0, 0.1) is 6.92 Å². The van der Waals surface area contributed by atoms with E-state index < -0.39 is 0 Å². The summed E-state index contributed by atoms with van der Waals surface area (Å²) < 4.78 is 1.94. The summed E-state index contributed by atoms with van der Waals surface area (Å²) in [6.45, 7) is 2.22. The van der Waals surface area contributed by atoms with Crippen LogP contribution in [0.5, 0.6) is 0 Å². The average molecular weight is 484 g/mol. The quantitative estimate of drug-likeness (QED) is 0.268. The first-order chi connectivity index (χ1) is 15.0. The number of carbonyl (C=O) groups excluding carboxylic acids is 1. The molecule has 1 amide bonds. The van der Waals surface area contributed by atoms with E-state index in [1.165, 1.54) is 22.7 Å². The molecule has 0 bridgehead atoms. The lowest BCUT2D eigenvalue weighted by atomic mass is 10.2. The molecule has 0 unspecified atom stereocenters. The normalized spacial score (nSPS) is 11.3. The van der Waals surface area contributed by atoms with Crippen LogP contribution in [0.3, 0.4) is 0 Å². The van der Waals surface area contributed by atoms with E-state index in [9.17, 15) is 4.79 Å². The van der Waals surface area contributed by atoms with Crippen LogP contribution < -0.4 is 4.90 Å². The first-order valence-corrected chi connectivity index (χ1v) is 11.9. The Hall–Kier alpha value is -2.51. The Balaban J connectivity index is 1.64. The second kappa shape index (κ2) is 8.20. The zero-order valence-electron chi connectivity index (χ0n) is 16.3. The van der Waals surface area contributed by atoms with Gasteiger partial charge in [-0.05, 0) is 42.8 Å². The molecule has 4 nitrogen and oxygen atoms in total. The molecule has 0 saturated carbocycles. The lowest BCUT2D eigenvalue weighted by Crippen LogP contribution is -2.30. The summed E-state index contributed by atoms with van der Waals surface area (Å²) in [4.78, 5) is 25.1. The van der Waals surface area contributed by atoms with Crippen molar-refractivity contribution in [3.63, 3.8) is 0 Å². The van der Waals surface area contributed by atoms with Gasteiger partial charge in [0, 0.05) is 21.3 Å². The Labute approximate surface area is 196 Å². The number of benzene rings is 2. The number of rotatable bonds is 4. The van der Waals surface area contributed by atoms with Gasteiger partial charge in [0.05, 0.1) is 27.5 Å². The van der Waals surface area contributed by atoms with E-state index in [2.05, 4.69) is 4.98 Å². The molecule has 0 radical (unpaired) electrons. The molecule has 5 rings (SSSR count). The molecule has 0 N–H and O–H groups in total. The lowest BCUT2D eigenvalue weighted by molar-refractivity contribution is 0.0989. The standard InChI is InChI=1S/C23H15Cl2N3OS2/c1-13-16(24)9-10-18-20(13)27-23(31-18)28(12-14-6-4-5-11-26-14)22(29)21-19(25)15-7-2-3-8-17(15)30-21/h2-11H,12H2,1H3. The molecule has 5 aromatic rings. The number of nitrogens with zero attached hydrogens (tertiary/aromatic N) is 3. The van der Waals surface area contributed by atoms with Gasteiger partial charge in [-0.25, -0.2) is 4.98 Å². The van der Waals surface area contributed by atoms with Gasteiger partial charge in [0.2, 0.25) is 0 Å². The number of aromatic nitrogens is 2. The number of aryl methyl sites for hydroxylation is 1. The molecule has 0 spiro atoms. The predicted octanol–water partition coefficient (Wildman–Crippen LogP) is 7.37. The fourth-order valence-corrected chi connectivity index (χ4v) is 5.99. The summed E-state index contributed by atoms with van der Waals surface area (Å²) in [6, 6.07) is 17.2. The molecule has 0 aliphatic rings. The number of hydrogen-bond acceptors (Lipinski definition) is 5. The number of thiophene rings is 1. The van der Waals surface area contributed by atoms with Gasteiger partial charge in [0.1, 0.15) is 4.88 Å². The highest BCUT2D eigenvalue weighted by atomic mass is 35.5. The molecular formula is C23H15Cl2N3OS2. The number of thiazole rings is 1. The van der Waals surface area contributed by atoms with E-state index >= 15 is 0 Å². The summed E-state index contributed by atoms with van der Waals surface area (Å²) in [5.74, 6) is -0.195. The van der Waals surface area contributed by atoms with Gasteiger partial charge in [0.25, 0.3) is 5.91 Å². The van der Waals surface area contributed by atoms with Crippen LogP contribution in [0.1, 0.15) is 20.9 Å². The fourth-order valence-electron chi connectivity index (χ4n) is 3.36. The van der Waals surface area contributed by atoms with Crippen LogP contribution in [-0.2, 0) is 6.54 Å². The number of amides is 1. The molecule has 154 valence electrons. The number of hydrogen-bond donors (Lipinski definition) is 0. The maximum Gasteiger partial charge on any atom is 0.272 e. The zero-order chi connectivity index (χ0) is 21.5. The maximum absolute atomic E-state index is 13.7. The maximum atomic E-state index is 13.7. The molecular weight excluding hydrogens is 469 g/mol. The number of fused-ring (bicyclic) bond motifs is 2. The molecule has 31 heavy (non-hydrogen) atoms. The van der Waals surface area contributed by atoms with E-state index in [1.54, 1.807) is 11.1 Å². The molecule has 2 aromatic carbocycles. The minimum absolute atomic E-state index is 0.195. The van der Waals surface area contributed by atoms with Crippen LogP contribution in [0.4, 0.5) is 5.13 Å². The van der Waals surface area contributed by atoms with E-state index in [0.29, 0.717) is 20.1 Å². The van der Waals surface area contributed by atoms with Gasteiger partial charge in [-0.2, -0.15) is 0 Å². The molecule has 3 aromatic heterocycles. The van der Waals surface area contributed by atoms with Crippen molar-refractivity contribution in [1.82, 2.24) is 9.97 Å². The Morgan fingerprint density at radius 3 is 2.58 bits per heavy atom. The molecule has 0 saturated heterocycles. The van der Waals surface area contributed by atoms with Gasteiger partial charge in [-0.3, -0.25) is 14.7 Å². The minimum atomic E-state index is -0.195. The van der Waals surface area contributed by atoms with Crippen molar-refractivity contribution in [3.05, 3.63) is 87.0 Å². The summed E-state index contributed by atoms with van der Waals surface area (Å²) in [5, 5.41) is 2.59. The Bertz CT molecular complexity index is 1430. The largest absolute Gasteiger partial charge is 0.277 e. The number of halogens is 2. The van der Waals surface area contributed by atoms with Crippen molar-refractivity contribution in [3.8, 4) is 0 Å². The first kappa shape index (κ1) is 20.4. The second-order valence-electron chi connectivity index (χ2n) is 6.97. The zero-order valence-corrected chi connectivity index (χ0v) is 19.4. The van der Waals surface area contributed by atoms with Crippen molar-refractivity contribution >= 4 is 77.2 Å². The summed E-state index contributed by atoms with van der Waals surface area (Å²) in [5.41, 5.74) is 2.46. The lowest BCUT2D eigenvalue weighted by Gasteiger charge is -2.19. The van der Waals surface area contributed by atoms with Gasteiger partial charge in [-0.15, -0.1) is 11.3 Å². The Morgan fingerprint density at radius 2 is 1.81 bits per heavy atom. The van der Waals surface area contributed by atoms with E-state index in [-0.39, 0.29) is 12.5 Å². The van der Waals surface area contributed by atoms with Crippen molar-refractivity contribution in [2.45, 2.75) is 13.5 Å². The first-order valence-electron chi connectivity index (χ1n) is 9.47. The van der Waals surface area contributed by atoms with E-state index in [4.69, 9.17) is 28.2 Å². The smallest absolute Gasteiger partial charge is 0.272 e. The topological polar surface area (TPSA) is 46.1 Å². The number of anilines is 1. The second-order valence-corrected chi connectivity index (χ2v) is 9.82. The average Bonchev–Trinajstić information content (AvgIpc) is 3.37. The highest BCUT2D eigenvalue weighted by Crippen LogP contribution is 2.39. The van der Waals surface area contributed by atoms with Crippen LogP contribution in [0.15, 0.2) is 60.8 Å².